The highest BCUT2D eigenvalue weighted by Crippen LogP contribution is 2.37. The molecule has 0 unspecified atom stereocenters. The number of carbonyl (C=O) groups excluding carboxylic acids is 1. The van der Waals surface area contributed by atoms with E-state index >= 15 is 0 Å². The zero-order valence-corrected chi connectivity index (χ0v) is 21.5. The van der Waals surface area contributed by atoms with E-state index in [1.807, 2.05) is 36.9 Å². The number of nitrogens with zero attached hydrogens (tertiary/aromatic N) is 4. The summed E-state index contributed by atoms with van der Waals surface area (Å²) >= 11 is 1.41. The Labute approximate surface area is 218 Å². The lowest BCUT2D eigenvalue weighted by Crippen LogP contribution is -2.46. The summed E-state index contributed by atoms with van der Waals surface area (Å²) in [6.07, 6.45) is 3.16. The molecule has 0 spiro atoms. The zero-order valence-electron chi connectivity index (χ0n) is 20.7. The molecular weight excluding hydrogens is 487 g/mol. The summed E-state index contributed by atoms with van der Waals surface area (Å²) < 4.78 is 21.7. The Balaban J connectivity index is 1.34. The van der Waals surface area contributed by atoms with Gasteiger partial charge in [-0.1, -0.05) is 23.8 Å². The van der Waals surface area contributed by atoms with E-state index in [2.05, 4.69) is 35.2 Å². The summed E-state index contributed by atoms with van der Waals surface area (Å²) in [4.78, 5) is 20.6. The highest BCUT2D eigenvalue weighted by Gasteiger charge is 2.37. The first kappa shape index (κ1) is 23.4. The predicted octanol–water partition coefficient (Wildman–Crippen LogP) is 6.40. The van der Waals surface area contributed by atoms with Gasteiger partial charge in [-0.25, -0.2) is 14.1 Å². The van der Waals surface area contributed by atoms with Crippen LogP contribution in [-0.2, 0) is 6.54 Å². The van der Waals surface area contributed by atoms with Crippen molar-refractivity contribution in [1.29, 1.82) is 0 Å². The number of amides is 1. The van der Waals surface area contributed by atoms with Gasteiger partial charge < -0.3 is 9.64 Å². The van der Waals surface area contributed by atoms with Crippen LogP contribution in [0.25, 0.3) is 16.6 Å². The molecule has 0 fully saturated rings. The normalized spacial score (nSPS) is 17.1. The maximum atomic E-state index is 13.4. The molecule has 1 aliphatic heterocycles. The lowest BCUT2D eigenvalue weighted by molar-refractivity contribution is 0.0375. The zero-order chi connectivity index (χ0) is 25.7. The third-order valence-electron chi connectivity index (χ3n) is 6.81. The maximum Gasteiger partial charge on any atom is 0.283 e. The minimum Gasteiger partial charge on any atom is -0.484 e. The van der Waals surface area contributed by atoms with Gasteiger partial charge in [-0.15, -0.1) is 11.3 Å². The molecule has 0 saturated carbocycles. The Morgan fingerprint density at radius 1 is 1.05 bits per heavy atom. The van der Waals surface area contributed by atoms with Crippen LogP contribution >= 0.6 is 11.3 Å². The van der Waals surface area contributed by atoms with E-state index in [1.54, 1.807) is 29.2 Å². The first-order valence-electron chi connectivity index (χ1n) is 12.1. The number of benzene rings is 3. The molecule has 6 rings (SSSR count). The summed E-state index contributed by atoms with van der Waals surface area (Å²) in [5.74, 6) is 0.321. The SMILES string of the molecule is Cc1ccc2c(c1)CN(C(=O)c1ncc(C)s1)[C@@H](C)[C@@H]2Oc1ccc2c(cnn2-c2ccc(F)cc2)c1. The van der Waals surface area contributed by atoms with Crippen molar-refractivity contribution in [1.82, 2.24) is 19.7 Å². The quantitative estimate of drug-likeness (QED) is 0.280. The van der Waals surface area contributed by atoms with Crippen molar-refractivity contribution in [2.75, 3.05) is 0 Å². The van der Waals surface area contributed by atoms with Crippen molar-refractivity contribution in [3.05, 3.63) is 105 Å². The van der Waals surface area contributed by atoms with Crippen LogP contribution in [0.3, 0.4) is 0 Å². The standard InChI is InChI=1S/C29H25FN4O2S/c1-17-4-10-25-21(12-17)16-33(29(35)28-31-14-18(2)37-28)19(3)27(25)36-24-9-11-26-20(13-24)15-32-34(26)23-7-5-22(30)6-8-23/h4-15,19,27H,16H2,1-3H3/t19-,27-/m0/s1. The van der Waals surface area contributed by atoms with Crippen LogP contribution in [-0.4, -0.2) is 31.6 Å². The molecule has 0 N–H and O–H groups in total. The number of aromatic nitrogens is 3. The van der Waals surface area contributed by atoms with Crippen LogP contribution in [0.1, 0.15) is 44.4 Å². The molecule has 186 valence electrons. The molecule has 0 aliphatic carbocycles. The van der Waals surface area contributed by atoms with Gasteiger partial charge in [-0.05, 0) is 74.4 Å². The number of ether oxygens (including phenoxy) is 1. The van der Waals surface area contributed by atoms with Crippen LogP contribution in [0, 0.1) is 19.7 Å². The molecular formula is C29H25FN4O2S. The Morgan fingerprint density at radius 2 is 1.86 bits per heavy atom. The molecule has 1 amide bonds. The van der Waals surface area contributed by atoms with Crippen molar-refractivity contribution in [3.8, 4) is 11.4 Å². The minimum absolute atomic E-state index is 0.0811. The van der Waals surface area contributed by atoms with Gasteiger partial charge in [0.15, 0.2) is 5.01 Å². The largest absolute Gasteiger partial charge is 0.484 e. The van der Waals surface area contributed by atoms with E-state index in [0.717, 1.165) is 38.2 Å². The van der Waals surface area contributed by atoms with Gasteiger partial charge >= 0.3 is 0 Å². The topological polar surface area (TPSA) is 60.3 Å². The molecule has 8 heteroatoms. The molecule has 3 heterocycles. The molecule has 2 atom stereocenters. The van der Waals surface area contributed by atoms with E-state index in [-0.39, 0.29) is 23.9 Å². The fraction of sp³-hybridized carbons (Fsp3) is 0.207. The van der Waals surface area contributed by atoms with Crippen molar-refractivity contribution in [2.24, 2.45) is 0 Å². The molecule has 37 heavy (non-hydrogen) atoms. The van der Waals surface area contributed by atoms with E-state index < -0.39 is 0 Å². The van der Waals surface area contributed by atoms with Crippen LogP contribution in [0.15, 0.2) is 73.1 Å². The number of carbonyl (C=O) groups is 1. The van der Waals surface area contributed by atoms with Crippen molar-refractivity contribution in [3.63, 3.8) is 0 Å². The molecule has 0 radical (unpaired) electrons. The van der Waals surface area contributed by atoms with Crippen LogP contribution in [0.5, 0.6) is 5.75 Å². The summed E-state index contributed by atoms with van der Waals surface area (Å²) in [6.45, 7) is 6.54. The smallest absolute Gasteiger partial charge is 0.283 e. The summed E-state index contributed by atoms with van der Waals surface area (Å²) in [6, 6.07) is 18.2. The fourth-order valence-corrected chi connectivity index (χ4v) is 5.63. The van der Waals surface area contributed by atoms with E-state index in [1.165, 1.54) is 23.5 Å². The first-order valence-corrected chi connectivity index (χ1v) is 12.9. The molecule has 2 aromatic heterocycles. The molecule has 1 aliphatic rings. The molecule has 3 aromatic carbocycles. The maximum absolute atomic E-state index is 13.4. The Morgan fingerprint density at radius 3 is 2.62 bits per heavy atom. The third-order valence-corrected chi connectivity index (χ3v) is 7.72. The summed E-state index contributed by atoms with van der Waals surface area (Å²) in [7, 11) is 0. The monoisotopic (exact) mass is 512 g/mol. The van der Waals surface area contributed by atoms with Crippen LogP contribution in [0.4, 0.5) is 4.39 Å². The van der Waals surface area contributed by atoms with Gasteiger partial charge in [0.05, 0.1) is 23.4 Å². The molecule has 5 aromatic rings. The number of rotatable bonds is 4. The first-order chi connectivity index (χ1) is 17.9. The molecule has 6 nitrogen and oxygen atoms in total. The predicted molar refractivity (Wildman–Crippen MR) is 142 cm³/mol. The molecule has 0 saturated heterocycles. The Kier molecular flexibility index (Phi) is 5.76. The summed E-state index contributed by atoms with van der Waals surface area (Å²) in [5, 5.41) is 5.89. The Hall–Kier alpha value is -4.04. The van der Waals surface area contributed by atoms with E-state index in [9.17, 15) is 9.18 Å². The van der Waals surface area contributed by atoms with Crippen molar-refractivity contribution < 1.29 is 13.9 Å². The van der Waals surface area contributed by atoms with Gasteiger partial charge in [0.2, 0.25) is 0 Å². The average Bonchev–Trinajstić information content (AvgIpc) is 3.51. The second-order valence-electron chi connectivity index (χ2n) is 9.44. The lowest BCUT2D eigenvalue weighted by Gasteiger charge is -2.40. The van der Waals surface area contributed by atoms with Gasteiger partial charge in [0.25, 0.3) is 5.91 Å². The average molecular weight is 513 g/mol. The number of halogens is 1. The number of fused-ring (bicyclic) bond motifs is 2. The van der Waals surface area contributed by atoms with Gasteiger partial charge in [-0.2, -0.15) is 5.10 Å². The second kappa shape index (κ2) is 9.12. The van der Waals surface area contributed by atoms with E-state index in [4.69, 9.17) is 4.74 Å². The van der Waals surface area contributed by atoms with Crippen LogP contribution < -0.4 is 4.74 Å². The number of hydrogen-bond donors (Lipinski definition) is 0. The van der Waals surface area contributed by atoms with Crippen molar-refractivity contribution >= 4 is 28.1 Å². The fourth-order valence-electron chi connectivity index (χ4n) is 4.91. The summed E-state index contributed by atoms with van der Waals surface area (Å²) in [5.41, 5.74) is 4.97. The number of thiazole rings is 1. The highest BCUT2D eigenvalue weighted by molar-refractivity contribution is 7.13. The molecule has 0 bridgehead atoms. The number of aryl methyl sites for hydroxylation is 2. The number of hydrogen-bond acceptors (Lipinski definition) is 5. The van der Waals surface area contributed by atoms with Crippen LogP contribution in [0.2, 0.25) is 0 Å². The van der Waals surface area contributed by atoms with E-state index in [0.29, 0.717) is 17.3 Å². The second-order valence-corrected chi connectivity index (χ2v) is 10.7. The van der Waals surface area contributed by atoms with Gasteiger partial charge in [0.1, 0.15) is 17.7 Å². The Bertz CT molecular complexity index is 1630. The minimum atomic E-state index is -0.348. The lowest BCUT2D eigenvalue weighted by atomic mass is 9.90. The third kappa shape index (κ3) is 4.27. The van der Waals surface area contributed by atoms with Crippen molar-refractivity contribution in [2.45, 2.75) is 39.5 Å². The van der Waals surface area contributed by atoms with Gasteiger partial charge in [-0.3, -0.25) is 4.79 Å². The van der Waals surface area contributed by atoms with Gasteiger partial charge in [0, 0.05) is 23.0 Å². The highest BCUT2D eigenvalue weighted by atomic mass is 32.1.